The Bertz CT molecular complexity index is 1100. The van der Waals surface area contributed by atoms with Crippen LogP contribution in [0.1, 0.15) is 33.5 Å². The second kappa shape index (κ2) is 11.2. The molecule has 0 saturated carbocycles. The minimum absolute atomic E-state index is 0.0654. The van der Waals surface area contributed by atoms with E-state index < -0.39 is 24.4 Å². The Labute approximate surface area is 189 Å². The van der Waals surface area contributed by atoms with Crippen molar-refractivity contribution in [1.82, 2.24) is 25.6 Å². The van der Waals surface area contributed by atoms with E-state index in [1.54, 1.807) is 30.3 Å². The lowest BCUT2D eigenvalue weighted by atomic mass is 10.2. The molecule has 0 saturated heterocycles. The van der Waals surface area contributed by atoms with Crippen LogP contribution in [0, 0.1) is 5.82 Å². The van der Waals surface area contributed by atoms with Crippen molar-refractivity contribution < 1.29 is 28.9 Å². The fourth-order valence-corrected chi connectivity index (χ4v) is 2.90. The Kier molecular flexibility index (Phi) is 8.06. The average molecular weight is 457 g/mol. The molecule has 11 heteroatoms. The Morgan fingerprint density at radius 2 is 1.91 bits per heavy atom. The molecule has 0 aliphatic rings. The predicted octanol–water partition coefficient (Wildman–Crippen LogP) is 0.818. The second-order valence-electron chi connectivity index (χ2n) is 7.00. The summed E-state index contributed by atoms with van der Waals surface area (Å²) in [4.78, 5) is 24.6. The number of carbonyl (C=O) groups is 2. The largest absolute Gasteiger partial charge is 0.487 e. The molecule has 1 aromatic heterocycles. The monoisotopic (exact) mass is 457 g/mol. The number of nitrogens with one attached hydrogen (secondary N) is 2. The van der Waals surface area contributed by atoms with E-state index in [2.05, 4.69) is 20.9 Å². The van der Waals surface area contributed by atoms with E-state index in [0.29, 0.717) is 17.8 Å². The molecule has 0 aliphatic heterocycles. The first-order valence-electron chi connectivity index (χ1n) is 10.2. The van der Waals surface area contributed by atoms with Gasteiger partial charge in [0.05, 0.1) is 18.4 Å². The summed E-state index contributed by atoms with van der Waals surface area (Å²) in [5, 5.41) is 31.6. The van der Waals surface area contributed by atoms with Crippen LogP contribution < -0.4 is 15.4 Å². The quantitative estimate of drug-likeness (QED) is 0.354. The molecule has 2 amide bonds. The fourth-order valence-electron chi connectivity index (χ4n) is 2.90. The number of benzene rings is 2. The lowest BCUT2D eigenvalue weighted by Gasteiger charge is -2.12. The van der Waals surface area contributed by atoms with Gasteiger partial charge < -0.3 is 25.6 Å². The summed E-state index contributed by atoms with van der Waals surface area (Å²) >= 11 is 0. The molecule has 0 spiro atoms. The number of hydrogen-bond donors (Lipinski definition) is 4. The molecule has 1 heterocycles. The zero-order valence-corrected chi connectivity index (χ0v) is 17.9. The Morgan fingerprint density at radius 3 is 2.58 bits per heavy atom. The molecule has 33 heavy (non-hydrogen) atoms. The van der Waals surface area contributed by atoms with Gasteiger partial charge in [0, 0.05) is 24.7 Å². The van der Waals surface area contributed by atoms with Crippen LogP contribution >= 0.6 is 0 Å². The molecule has 1 atom stereocenters. The molecule has 3 rings (SSSR count). The Balaban J connectivity index is 1.89. The Morgan fingerprint density at radius 1 is 1.15 bits per heavy atom. The third-order valence-corrected chi connectivity index (χ3v) is 4.57. The van der Waals surface area contributed by atoms with Gasteiger partial charge in [0.1, 0.15) is 23.9 Å². The minimum Gasteiger partial charge on any atom is -0.487 e. The number of aliphatic hydroxyl groups excluding tert-OH is 2. The number of aliphatic hydroxyl groups is 2. The standard InChI is InChI=1S/C22H24FN5O5/c1-2-24-21(31)14-6-8-16(9-7-14)28-19(13-33-18-5-3-4-15(23)10-18)20(26-27-28)22(32)25-11-17(30)12-29/h3-10,17,29-30H,2,11-13H2,1H3,(H,24,31)(H,25,32)/t17-/m0/s1. The van der Waals surface area contributed by atoms with Crippen molar-refractivity contribution in [3.05, 3.63) is 71.3 Å². The SMILES string of the molecule is CCNC(=O)c1ccc(-n2nnc(C(=O)NC[C@H](O)CO)c2COc2cccc(F)c2)cc1. The van der Waals surface area contributed by atoms with Gasteiger partial charge in [0.2, 0.25) is 0 Å². The molecule has 2 aromatic carbocycles. The molecular formula is C22H24FN5O5. The van der Waals surface area contributed by atoms with Crippen LogP contribution in [-0.2, 0) is 6.61 Å². The summed E-state index contributed by atoms with van der Waals surface area (Å²) in [5.41, 5.74) is 1.17. The van der Waals surface area contributed by atoms with Crippen molar-refractivity contribution in [3.63, 3.8) is 0 Å². The van der Waals surface area contributed by atoms with Crippen molar-refractivity contribution >= 4 is 11.8 Å². The minimum atomic E-state index is -1.13. The van der Waals surface area contributed by atoms with Crippen LogP contribution in [0.2, 0.25) is 0 Å². The number of amides is 2. The van der Waals surface area contributed by atoms with E-state index in [1.165, 1.54) is 22.9 Å². The van der Waals surface area contributed by atoms with Crippen LogP contribution in [0.5, 0.6) is 5.75 Å². The van der Waals surface area contributed by atoms with Gasteiger partial charge in [0.25, 0.3) is 11.8 Å². The third-order valence-electron chi connectivity index (χ3n) is 4.57. The van der Waals surface area contributed by atoms with Crippen molar-refractivity contribution in [1.29, 1.82) is 0 Å². The van der Waals surface area contributed by atoms with Crippen molar-refractivity contribution in [3.8, 4) is 11.4 Å². The number of aromatic nitrogens is 3. The first kappa shape index (κ1) is 23.8. The third kappa shape index (κ3) is 6.11. The van der Waals surface area contributed by atoms with E-state index >= 15 is 0 Å². The van der Waals surface area contributed by atoms with Gasteiger partial charge in [-0.2, -0.15) is 0 Å². The number of halogens is 1. The Hall–Kier alpha value is -3.83. The average Bonchev–Trinajstić information content (AvgIpc) is 3.25. The number of hydrogen-bond acceptors (Lipinski definition) is 7. The highest BCUT2D eigenvalue weighted by atomic mass is 19.1. The molecule has 0 unspecified atom stereocenters. The number of ether oxygens (including phenoxy) is 1. The van der Waals surface area contributed by atoms with E-state index in [4.69, 9.17) is 9.84 Å². The number of nitrogens with zero attached hydrogens (tertiary/aromatic N) is 3. The van der Waals surface area contributed by atoms with E-state index in [0.717, 1.165) is 0 Å². The summed E-state index contributed by atoms with van der Waals surface area (Å²) in [6.07, 6.45) is -1.13. The fraction of sp³-hybridized carbons (Fsp3) is 0.273. The zero-order valence-electron chi connectivity index (χ0n) is 17.9. The van der Waals surface area contributed by atoms with Gasteiger partial charge in [-0.25, -0.2) is 9.07 Å². The van der Waals surface area contributed by atoms with Crippen molar-refractivity contribution in [2.45, 2.75) is 19.6 Å². The molecule has 0 fully saturated rings. The first-order chi connectivity index (χ1) is 15.9. The predicted molar refractivity (Wildman–Crippen MR) is 116 cm³/mol. The molecule has 0 aliphatic carbocycles. The van der Waals surface area contributed by atoms with Crippen LogP contribution in [0.15, 0.2) is 48.5 Å². The molecule has 0 bridgehead atoms. The summed E-state index contributed by atoms with van der Waals surface area (Å²) < 4.78 is 20.5. The van der Waals surface area contributed by atoms with Crippen LogP contribution in [0.4, 0.5) is 4.39 Å². The van der Waals surface area contributed by atoms with Gasteiger partial charge >= 0.3 is 0 Å². The number of carbonyl (C=O) groups excluding carboxylic acids is 2. The molecule has 10 nitrogen and oxygen atoms in total. The van der Waals surface area contributed by atoms with Gasteiger partial charge in [-0.3, -0.25) is 9.59 Å². The normalized spacial score (nSPS) is 11.6. The van der Waals surface area contributed by atoms with Gasteiger partial charge in [-0.1, -0.05) is 11.3 Å². The van der Waals surface area contributed by atoms with Gasteiger partial charge in [-0.15, -0.1) is 5.10 Å². The second-order valence-corrected chi connectivity index (χ2v) is 7.00. The van der Waals surface area contributed by atoms with Gasteiger partial charge in [-0.05, 0) is 43.3 Å². The van der Waals surface area contributed by atoms with E-state index in [1.807, 2.05) is 6.92 Å². The topological polar surface area (TPSA) is 139 Å². The lowest BCUT2D eigenvalue weighted by molar-refractivity contribution is 0.0797. The van der Waals surface area contributed by atoms with Crippen molar-refractivity contribution in [2.75, 3.05) is 19.7 Å². The van der Waals surface area contributed by atoms with Crippen molar-refractivity contribution in [2.24, 2.45) is 0 Å². The molecule has 174 valence electrons. The molecule has 0 radical (unpaired) electrons. The smallest absolute Gasteiger partial charge is 0.274 e. The summed E-state index contributed by atoms with van der Waals surface area (Å²) in [5.74, 6) is -1.09. The lowest BCUT2D eigenvalue weighted by Crippen LogP contribution is -2.34. The molecule has 3 aromatic rings. The highest BCUT2D eigenvalue weighted by Crippen LogP contribution is 2.19. The summed E-state index contributed by atoms with van der Waals surface area (Å²) in [6.45, 7) is 1.45. The number of rotatable bonds is 10. The van der Waals surface area contributed by atoms with Crippen LogP contribution in [-0.4, -0.2) is 62.8 Å². The molecular weight excluding hydrogens is 433 g/mol. The highest BCUT2D eigenvalue weighted by Gasteiger charge is 2.22. The molecule has 4 N–H and O–H groups in total. The highest BCUT2D eigenvalue weighted by molar-refractivity contribution is 5.94. The first-order valence-corrected chi connectivity index (χ1v) is 10.2. The summed E-state index contributed by atoms with van der Waals surface area (Å²) in [6, 6.07) is 12.0. The zero-order chi connectivity index (χ0) is 23.8. The maximum absolute atomic E-state index is 13.5. The van der Waals surface area contributed by atoms with E-state index in [-0.39, 0.29) is 36.2 Å². The van der Waals surface area contributed by atoms with Crippen LogP contribution in [0.3, 0.4) is 0 Å². The maximum Gasteiger partial charge on any atom is 0.274 e. The maximum atomic E-state index is 13.5. The van der Waals surface area contributed by atoms with E-state index in [9.17, 15) is 19.1 Å². The van der Waals surface area contributed by atoms with Crippen LogP contribution in [0.25, 0.3) is 5.69 Å². The summed E-state index contributed by atoms with van der Waals surface area (Å²) in [7, 11) is 0. The van der Waals surface area contributed by atoms with Gasteiger partial charge in [0.15, 0.2) is 5.69 Å².